The van der Waals surface area contributed by atoms with Crippen molar-refractivity contribution in [3.05, 3.63) is 88.0 Å². The van der Waals surface area contributed by atoms with Crippen molar-refractivity contribution >= 4 is 11.4 Å². The average molecular weight is 373 g/mol. The lowest BCUT2D eigenvalue weighted by Crippen LogP contribution is -2.02. The Bertz CT molecular complexity index is 868. The zero-order valence-electron chi connectivity index (χ0n) is 17.5. The van der Waals surface area contributed by atoms with E-state index in [1.807, 2.05) is 0 Å². The number of rotatable bonds is 9. The number of hydrogen-bond acceptors (Lipinski definition) is 0. The second kappa shape index (κ2) is 9.64. The SMILES string of the molecule is CCCCc1ccc(C2=CC(CC)=C(c3ccc(CCCC)cc3)[N+]2=[N-])cc1. The van der Waals surface area contributed by atoms with Crippen LogP contribution in [-0.4, -0.2) is 4.70 Å². The van der Waals surface area contributed by atoms with E-state index in [-0.39, 0.29) is 0 Å². The predicted octanol–water partition coefficient (Wildman–Crippen LogP) is 7.58. The standard InChI is InChI=1S/C26H32N2/c1-4-7-9-20-11-15-23(16-12-20)25-19-22(6-3)26(28(25)27)24-17-13-21(14-18-24)10-8-5-2/h11-19H,4-10H2,1-3H3. The van der Waals surface area contributed by atoms with Crippen LogP contribution in [0.5, 0.6) is 0 Å². The van der Waals surface area contributed by atoms with E-state index in [2.05, 4.69) is 75.4 Å². The van der Waals surface area contributed by atoms with Gasteiger partial charge in [0.2, 0.25) is 11.4 Å². The summed E-state index contributed by atoms with van der Waals surface area (Å²) >= 11 is 0. The summed E-state index contributed by atoms with van der Waals surface area (Å²) in [5.41, 5.74) is 18.8. The molecule has 0 aliphatic carbocycles. The van der Waals surface area contributed by atoms with Gasteiger partial charge in [0.1, 0.15) is 0 Å². The third-order valence-electron chi connectivity index (χ3n) is 5.55. The fourth-order valence-corrected chi connectivity index (χ4v) is 3.77. The highest BCUT2D eigenvalue weighted by atomic mass is 15.2. The van der Waals surface area contributed by atoms with Crippen LogP contribution >= 0.6 is 0 Å². The van der Waals surface area contributed by atoms with Crippen LogP contribution in [0.1, 0.15) is 75.1 Å². The number of hydrogen-bond donors (Lipinski definition) is 0. The van der Waals surface area contributed by atoms with Crippen LogP contribution in [-0.2, 0) is 12.8 Å². The third kappa shape index (κ3) is 4.49. The Hall–Kier alpha value is -2.48. The minimum atomic E-state index is 0.865. The fourth-order valence-electron chi connectivity index (χ4n) is 3.77. The van der Waals surface area contributed by atoms with Gasteiger partial charge in [-0.25, -0.2) is 4.70 Å². The highest BCUT2D eigenvalue weighted by Gasteiger charge is 2.27. The first-order valence-electron chi connectivity index (χ1n) is 10.8. The number of benzene rings is 2. The molecule has 0 amide bonds. The number of nitrogens with zero attached hydrogens (tertiary/aromatic N) is 2. The predicted molar refractivity (Wildman–Crippen MR) is 119 cm³/mol. The maximum atomic E-state index is 11.0. The number of allylic oxidation sites excluding steroid dienone is 2. The minimum absolute atomic E-state index is 0.865. The van der Waals surface area contributed by atoms with Crippen LogP contribution in [0, 0.1) is 0 Å². The molecule has 2 aromatic carbocycles. The molecule has 0 bridgehead atoms. The van der Waals surface area contributed by atoms with Crippen molar-refractivity contribution in [2.75, 3.05) is 0 Å². The Morgan fingerprint density at radius 3 is 1.68 bits per heavy atom. The Kier molecular flexibility index (Phi) is 6.97. The molecule has 1 heterocycles. The average Bonchev–Trinajstić information content (AvgIpc) is 3.07. The number of aryl methyl sites for hydroxylation is 2. The largest absolute Gasteiger partial charge is 0.493 e. The molecule has 1 aliphatic rings. The molecule has 146 valence electrons. The first kappa shape index (κ1) is 20.3. The van der Waals surface area contributed by atoms with Crippen molar-refractivity contribution in [3.63, 3.8) is 0 Å². The van der Waals surface area contributed by atoms with Crippen LogP contribution in [0.2, 0.25) is 0 Å². The summed E-state index contributed by atoms with van der Waals surface area (Å²) in [6, 6.07) is 17.3. The van der Waals surface area contributed by atoms with Gasteiger partial charge in [-0.05, 0) is 67.5 Å². The van der Waals surface area contributed by atoms with Gasteiger partial charge in [-0.1, -0.05) is 57.9 Å². The van der Waals surface area contributed by atoms with Crippen LogP contribution in [0.25, 0.3) is 16.9 Å². The molecule has 0 fully saturated rings. The van der Waals surface area contributed by atoms with Gasteiger partial charge in [-0.15, -0.1) is 0 Å². The summed E-state index contributed by atoms with van der Waals surface area (Å²) in [5, 5.41) is 0. The quantitative estimate of drug-likeness (QED) is 0.405. The van der Waals surface area contributed by atoms with Gasteiger partial charge < -0.3 is 5.53 Å². The Morgan fingerprint density at radius 2 is 1.21 bits per heavy atom. The molecule has 1 aliphatic heterocycles. The van der Waals surface area contributed by atoms with E-state index in [9.17, 15) is 5.53 Å². The topological polar surface area (TPSA) is 25.3 Å². The van der Waals surface area contributed by atoms with E-state index >= 15 is 0 Å². The van der Waals surface area contributed by atoms with Crippen molar-refractivity contribution in [1.82, 2.24) is 0 Å². The molecular weight excluding hydrogens is 340 g/mol. The van der Waals surface area contributed by atoms with Crippen molar-refractivity contribution in [2.45, 2.75) is 65.7 Å². The van der Waals surface area contributed by atoms with E-state index in [1.54, 1.807) is 0 Å². The van der Waals surface area contributed by atoms with Gasteiger partial charge in [-0.2, -0.15) is 0 Å². The summed E-state index contributed by atoms with van der Waals surface area (Å²) < 4.78 is 1.38. The lowest BCUT2D eigenvalue weighted by atomic mass is 10.0. The van der Waals surface area contributed by atoms with Crippen LogP contribution in [0.4, 0.5) is 0 Å². The molecule has 3 rings (SSSR count). The zero-order chi connectivity index (χ0) is 19.9. The normalized spacial score (nSPS) is 14.0. The smallest absolute Gasteiger partial charge is 0.210 e. The molecule has 0 unspecified atom stereocenters. The van der Waals surface area contributed by atoms with Gasteiger partial charge in [-0.3, -0.25) is 0 Å². The van der Waals surface area contributed by atoms with E-state index in [4.69, 9.17) is 0 Å². The molecule has 0 atom stereocenters. The van der Waals surface area contributed by atoms with Crippen molar-refractivity contribution in [1.29, 1.82) is 0 Å². The van der Waals surface area contributed by atoms with Gasteiger partial charge in [0.25, 0.3) is 0 Å². The van der Waals surface area contributed by atoms with Crippen LogP contribution < -0.4 is 0 Å². The second-order valence-corrected chi connectivity index (χ2v) is 7.67. The lowest BCUT2D eigenvalue weighted by Gasteiger charge is -2.10. The Balaban J connectivity index is 1.81. The Labute approximate surface area is 170 Å². The summed E-state index contributed by atoms with van der Waals surface area (Å²) in [4.78, 5) is 0. The molecule has 28 heavy (non-hydrogen) atoms. The summed E-state index contributed by atoms with van der Waals surface area (Å²) in [6.07, 6.45) is 10.1. The summed E-state index contributed by atoms with van der Waals surface area (Å²) in [5.74, 6) is 0. The molecule has 0 aromatic heterocycles. The van der Waals surface area contributed by atoms with E-state index < -0.39 is 0 Å². The van der Waals surface area contributed by atoms with Gasteiger partial charge >= 0.3 is 0 Å². The Morgan fingerprint density at radius 1 is 0.714 bits per heavy atom. The second-order valence-electron chi connectivity index (χ2n) is 7.67. The van der Waals surface area contributed by atoms with Crippen LogP contribution in [0.3, 0.4) is 0 Å². The molecule has 0 saturated carbocycles. The van der Waals surface area contributed by atoms with Crippen LogP contribution in [0.15, 0.2) is 60.2 Å². The molecule has 2 aromatic rings. The van der Waals surface area contributed by atoms with Gasteiger partial charge in [0, 0.05) is 22.8 Å². The summed E-state index contributed by atoms with van der Waals surface area (Å²) in [6.45, 7) is 6.58. The molecule has 0 saturated heterocycles. The maximum Gasteiger partial charge on any atom is 0.210 e. The molecular formula is C26H32N2. The lowest BCUT2D eigenvalue weighted by molar-refractivity contribution is -0.344. The van der Waals surface area contributed by atoms with Gasteiger partial charge in [0.05, 0.1) is 0 Å². The van der Waals surface area contributed by atoms with E-state index in [0.29, 0.717) is 0 Å². The molecule has 2 heteroatoms. The number of unbranched alkanes of at least 4 members (excludes halogenated alkanes) is 2. The highest BCUT2D eigenvalue weighted by Crippen LogP contribution is 2.36. The first-order valence-corrected chi connectivity index (χ1v) is 10.8. The highest BCUT2D eigenvalue weighted by molar-refractivity contribution is 5.78. The minimum Gasteiger partial charge on any atom is -0.493 e. The van der Waals surface area contributed by atoms with E-state index in [1.165, 1.54) is 47.1 Å². The summed E-state index contributed by atoms with van der Waals surface area (Å²) in [7, 11) is 0. The van der Waals surface area contributed by atoms with Crippen molar-refractivity contribution in [3.8, 4) is 0 Å². The molecule has 0 radical (unpaired) electrons. The first-order chi connectivity index (χ1) is 13.7. The van der Waals surface area contributed by atoms with Crippen molar-refractivity contribution < 1.29 is 4.70 Å². The molecule has 2 nitrogen and oxygen atoms in total. The van der Waals surface area contributed by atoms with E-state index in [0.717, 1.165) is 41.8 Å². The monoisotopic (exact) mass is 372 g/mol. The third-order valence-corrected chi connectivity index (χ3v) is 5.55. The van der Waals surface area contributed by atoms with Gasteiger partial charge in [0.15, 0.2) is 0 Å². The maximum absolute atomic E-state index is 11.0. The van der Waals surface area contributed by atoms with Crippen molar-refractivity contribution in [2.24, 2.45) is 0 Å². The fraction of sp³-hybridized carbons (Fsp3) is 0.385. The molecule has 0 spiro atoms. The zero-order valence-corrected chi connectivity index (χ0v) is 17.5. The molecule has 0 N–H and O–H groups in total.